The lowest BCUT2D eigenvalue weighted by atomic mass is 10.1. The van der Waals surface area contributed by atoms with Gasteiger partial charge in [0, 0.05) is 19.1 Å². The Kier molecular flexibility index (Phi) is 6.60. The third-order valence-corrected chi connectivity index (χ3v) is 8.17. The van der Waals surface area contributed by atoms with Gasteiger partial charge in [-0.3, -0.25) is 9.47 Å². The molecule has 1 aromatic heterocycles. The van der Waals surface area contributed by atoms with Crippen LogP contribution >= 0.6 is 12.2 Å². The van der Waals surface area contributed by atoms with Crippen molar-refractivity contribution < 1.29 is 8.42 Å². The molecule has 30 heavy (non-hydrogen) atoms. The highest BCUT2D eigenvalue weighted by Crippen LogP contribution is 2.24. The maximum Gasteiger partial charge on any atom is 0.230 e. The van der Waals surface area contributed by atoms with Crippen LogP contribution in [0.1, 0.15) is 39.0 Å². The standard InChI is InChI=1S/C21H31N5O2S2/c1-2-12-24(19-11-15-30(27,28)16-19)17-25-21(29)26(18-9-5-3-6-10-18)20(22-25)23-13-7-4-8-14-23/h3,5-6,9-10,19H,2,4,7-8,11-17H2,1H3. The topological polar surface area (TPSA) is 63.4 Å². The predicted molar refractivity (Wildman–Crippen MR) is 123 cm³/mol. The van der Waals surface area contributed by atoms with Gasteiger partial charge in [0.15, 0.2) is 9.84 Å². The molecule has 0 aliphatic carbocycles. The van der Waals surface area contributed by atoms with Gasteiger partial charge in [0.05, 0.1) is 23.9 Å². The molecule has 3 heterocycles. The minimum atomic E-state index is -2.94. The summed E-state index contributed by atoms with van der Waals surface area (Å²) in [6.45, 7) is 5.44. The molecule has 0 amide bonds. The summed E-state index contributed by atoms with van der Waals surface area (Å²) >= 11 is 5.88. The fourth-order valence-electron chi connectivity index (χ4n) is 4.48. The Labute approximate surface area is 184 Å². The first kappa shape index (κ1) is 21.5. The van der Waals surface area contributed by atoms with Crippen LogP contribution in [-0.2, 0) is 16.5 Å². The van der Waals surface area contributed by atoms with E-state index < -0.39 is 9.84 Å². The Morgan fingerprint density at radius 2 is 1.90 bits per heavy atom. The number of sulfone groups is 1. The lowest BCUT2D eigenvalue weighted by Gasteiger charge is -2.28. The summed E-state index contributed by atoms with van der Waals surface area (Å²) in [5.74, 6) is 1.40. The lowest BCUT2D eigenvalue weighted by Crippen LogP contribution is -2.38. The molecule has 2 aliphatic heterocycles. The normalized spacial score (nSPS) is 21.4. The van der Waals surface area contributed by atoms with E-state index >= 15 is 0 Å². The van der Waals surface area contributed by atoms with E-state index in [0.717, 1.165) is 50.5 Å². The first-order valence-electron chi connectivity index (χ1n) is 10.9. The van der Waals surface area contributed by atoms with E-state index in [1.165, 1.54) is 6.42 Å². The number of anilines is 1. The second kappa shape index (κ2) is 9.20. The van der Waals surface area contributed by atoms with Gasteiger partial charge in [-0.25, -0.2) is 13.1 Å². The molecule has 2 fully saturated rings. The van der Waals surface area contributed by atoms with E-state index in [0.29, 0.717) is 17.9 Å². The van der Waals surface area contributed by atoms with Crippen LogP contribution in [0.25, 0.3) is 5.69 Å². The van der Waals surface area contributed by atoms with Crippen LogP contribution in [-0.4, -0.2) is 64.8 Å². The number of para-hydroxylation sites is 1. The molecule has 0 N–H and O–H groups in total. The zero-order valence-corrected chi connectivity index (χ0v) is 19.2. The zero-order chi connectivity index (χ0) is 21.1. The van der Waals surface area contributed by atoms with Gasteiger partial charge in [-0.2, -0.15) is 0 Å². The Hall–Kier alpha value is -1.71. The van der Waals surface area contributed by atoms with E-state index in [-0.39, 0.29) is 17.5 Å². The Morgan fingerprint density at radius 1 is 1.17 bits per heavy atom. The largest absolute Gasteiger partial charge is 0.341 e. The van der Waals surface area contributed by atoms with Crippen molar-refractivity contribution in [1.82, 2.24) is 19.2 Å². The fraction of sp³-hybridized carbons (Fsp3) is 0.619. The van der Waals surface area contributed by atoms with Crippen molar-refractivity contribution in [2.24, 2.45) is 0 Å². The molecular weight excluding hydrogens is 418 g/mol. The highest BCUT2D eigenvalue weighted by molar-refractivity contribution is 7.91. The van der Waals surface area contributed by atoms with E-state index in [4.69, 9.17) is 17.3 Å². The highest BCUT2D eigenvalue weighted by atomic mass is 32.2. The van der Waals surface area contributed by atoms with Crippen LogP contribution in [0.3, 0.4) is 0 Å². The van der Waals surface area contributed by atoms with E-state index in [2.05, 4.69) is 33.4 Å². The van der Waals surface area contributed by atoms with Gasteiger partial charge in [-0.05, 0) is 63.0 Å². The predicted octanol–water partition coefficient (Wildman–Crippen LogP) is 3.25. The zero-order valence-electron chi connectivity index (χ0n) is 17.6. The van der Waals surface area contributed by atoms with Crippen LogP contribution in [0, 0.1) is 4.77 Å². The molecule has 2 aromatic rings. The summed E-state index contributed by atoms with van der Waals surface area (Å²) in [4.78, 5) is 4.57. The Balaban J connectivity index is 1.69. The molecule has 1 atom stereocenters. The summed E-state index contributed by atoms with van der Waals surface area (Å²) < 4.78 is 28.7. The maximum absolute atomic E-state index is 12.0. The molecule has 2 saturated heterocycles. The third kappa shape index (κ3) is 4.63. The molecule has 7 nitrogen and oxygen atoms in total. The second-order valence-corrected chi connectivity index (χ2v) is 10.9. The van der Waals surface area contributed by atoms with E-state index in [9.17, 15) is 8.42 Å². The number of hydrogen-bond donors (Lipinski definition) is 0. The van der Waals surface area contributed by atoms with Crippen LogP contribution in [0.5, 0.6) is 0 Å². The van der Waals surface area contributed by atoms with Crippen LogP contribution < -0.4 is 4.90 Å². The molecular formula is C21H31N5O2S2. The smallest absolute Gasteiger partial charge is 0.230 e. The number of benzene rings is 1. The maximum atomic E-state index is 12.0. The second-order valence-electron chi connectivity index (χ2n) is 8.31. The van der Waals surface area contributed by atoms with Gasteiger partial charge in [-0.15, -0.1) is 5.10 Å². The summed E-state index contributed by atoms with van der Waals surface area (Å²) in [5.41, 5.74) is 1.01. The van der Waals surface area contributed by atoms with Crippen molar-refractivity contribution in [2.45, 2.75) is 51.7 Å². The summed E-state index contributed by atoms with van der Waals surface area (Å²) in [5, 5.41) is 4.95. The van der Waals surface area contributed by atoms with Gasteiger partial charge >= 0.3 is 0 Å². The van der Waals surface area contributed by atoms with E-state index in [1.807, 2.05) is 22.9 Å². The fourth-order valence-corrected chi connectivity index (χ4v) is 6.53. The molecule has 4 rings (SSSR count). The van der Waals surface area contributed by atoms with Gasteiger partial charge < -0.3 is 4.90 Å². The number of nitrogens with zero attached hydrogens (tertiary/aromatic N) is 5. The van der Waals surface area contributed by atoms with Crippen molar-refractivity contribution in [2.75, 3.05) is 36.0 Å². The highest BCUT2D eigenvalue weighted by Gasteiger charge is 2.32. The summed E-state index contributed by atoms with van der Waals surface area (Å²) in [6.07, 6.45) is 5.23. The van der Waals surface area contributed by atoms with Crippen LogP contribution in [0.2, 0.25) is 0 Å². The van der Waals surface area contributed by atoms with Gasteiger partial charge in [0.25, 0.3) is 0 Å². The average Bonchev–Trinajstić information content (AvgIpc) is 3.28. The third-order valence-electron chi connectivity index (χ3n) is 6.03. The van der Waals surface area contributed by atoms with Crippen LogP contribution in [0.4, 0.5) is 5.95 Å². The Bertz CT molecular complexity index is 1010. The average molecular weight is 450 g/mol. The molecule has 0 saturated carbocycles. The molecule has 0 spiro atoms. The van der Waals surface area contributed by atoms with Gasteiger partial charge in [-0.1, -0.05) is 25.1 Å². The Morgan fingerprint density at radius 3 is 2.53 bits per heavy atom. The first-order chi connectivity index (χ1) is 14.5. The molecule has 0 radical (unpaired) electrons. The summed E-state index contributed by atoms with van der Waals surface area (Å²) in [6, 6.07) is 10.2. The summed E-state index contributed by atoms with van der Waals surface area (Å²) in [7, 11) is -2.94. The minimum Gasteiger partial charge on any atom is -0.341 e. The number of piperidine rings is 1. The van der Waals surface area contributed by atoms with Crippen molar-refractivity contribution in [1.29, 1.82) is 0 Å². The van der Waals surface area contributed by atoms with Crippen molar-refractivity contribution in [3.8, 4) is 5.69 Å². The lowest BCUT2D eigenvalue weighted by molar-refractivity contribution is 0.155. The van der Waals surface area contributed by atoms with Crippen molar-refractivity contribution in [3.05, 3.63) is 35.1 Å². The molecule has 2 aliphatic rings. The molecule has 164 valence electrons. The molecule has 1 unspecified atom stereocenters. The van der Waals surface area contributed by atoms with Crippen molar-refractivity contribution in [3.63, 3.8) is 0 Å². The quantitative estimate of drug-likeness (QED) is 0.605. The molecule has 1 aromatic carbocycles. The van der Waals surface area contributed by atoms with Gasteiger partial charge in [0.2, 0.25) is 10.7 Å². The number of aromatic nitrogens is 3. The monoisotopic (exact) mass is 449 g/mol. The minimum absolute atomic E-state index is 0.0390. The number of hydrogen-bond acceptors (Lipinski definition) is 6. The van der Waals surface area contributed by atoms with Crippen molar-refractivity contribution >= 4 is 28.0 Å². The van der Waals surface area contributed by atoms with E-state index in [1.54, 1.807) is 0 Å². The molecule has 9 heteroatoms. The molecule has 0 bridgehead atoms. The first-order valence-corrected chi connectivity index (χ1v) is 13.2. The van der Waals surface area contributed by atoms with Gasteiger partial charge in [0.1, 0.15) is 0 Å². The van der Waals surface area contributed by atoms with Crippen LogP contribution in [0.15, 0.2) is 30.3 Å². The SMILES string of the molecule is CCCN(Cn1nc(N2CCCCC2)n(-c2ccccc2)c1=S)C1CCS(=O)(=O)C1. The number of rotatable bonds is 7.